The Morgan fingerprint density at radius 2 is 1.74 bits per heavy atom. The average Bonchev–Trinajstić information content (AvgIpc) is 3.05. The molecular formula is C18H18N2OS2. The number of aryl methyl sites for hydroxylation is 2. The van der Waals surface area contributed by atoms with Gasteiger partial charge in [-0.05, 0) is 61.1 Å². The molecular weight excluding hydrogens is 324 g/mol. The molecule has 0 aliphatic carbocycles. The highest BCUT2D eigenvalue weighted by Crippen LogP contribution is 2.27. The number of hydrogen-bond acceptors (Lipinski definition) is 5. The van der Waals surface area contributed by atoms with E-state index in [9.17, 15) is 0 Å². The molecule has 23 heavy (non-hydrogen) atoms. The molecule has 2 aromatic carbocycles. The fourth-order valence-corrected chi connectivity index (χ4v) is 3.25. The van der Waals surface area contributed by atoms with Crippen molar-refractivity contribution in [1.29, 1.82) is 0 Å². The van der Waals surface area contributed by atoms with Crippen molar-refractivity contribution in [2.75, 3.05) is 6.26 Å². The Morgan fingerprint density at radius 3 is 2.43 bits per heavy atom. The standard InChI is InChI=1S/C18H18N2OS2/c1-12-4-7-15(10-13(12)2)17-19-20-18(21-17)23-11-14-5-8-16(22-3)9-6-14/h4-10H,11H2,1-3H3. The molecule has 0 bridgehead atoms. The van der Waals surface area contributed by atoms with Gasteiger partial charge in [0.25, 0.3) is 5.22 Å². The van der Waals surface area contributed by atoms with E-state index < -0.39 is 0 Å². The summed E-state index contributed by atoms with van der Waals surface area (Å²) < 4.78 is 5.77. The highest BCUT2D eigenvalue weighted by molar-refractivity contribution is 7.98. The number of hydrogen-bond donors (Lipinski definition) is 0. The van der Waals surface area contributed by atoms with Gasteiger partial charge in [0.05, 0.1) is 0 Å². The summed E-state index contributed by atoms with van der Waals surface area (Å²) in [6.45, 7) is 4.18. The smallest absolute Gasteiger partial charge is 0.277 e. The molecule has 3 nitrogen and oxygen atoms in total. The topological polar surface area (TPSA) is 38.9 Å². The third-order valence-corrected chi connectivity index (χ3v) is 5.31. The molecule has 0 saturated carbocycles. The highest BCUT2D eigenvalue weighted by atomic mass is 32.2. The summed E-state index contributed by atoms with van der Waals surface area (Å²) in [5, 5.41) is 8.90. The second-order valence-electron chi connectivity index (χ2n) is 5.31. The van der Waals surface area contributed by atoms with Crippen molar-refractivity contribution >= 4 is 23.5 Å². The maximum atomic E-state index is 5.77. The van der Waals surface area contributed by atoms with Crippen molar-refractivity contribution in [3.63, 3.8) is 0 Å². The first-order chi connectivity index (χ1) is 11.2. The van der Waals surface area contributed by atoms with Crippen LogP contribution in [0.2, 0.25) is 0 Å². The molecule has 0 atom stereocenters. The van der Waals surface area contributed by atoms with Crippen LogP contribution in [0.4, 0.5) is 0 Å². The Labute approximate surface area is 144 Å². The molecule has 0 amide bonds. The van der Waals surface area contributed by atoms with Gasteiger partial charge in [0.1, 0.15) is 0 Å². The van der Waals surface area contributed by atoms with Crippen molar-refractivity contribution in [1.82, 2.24) is 10.2 Å². The van der Waals surface area contributed by atoms with Crippen molar-refractivity contribution in [3.05, 3.63) is 59.2 Å². The fraction of sp³-hybridized carbons (Fsp3) is 0.222. The van der Waals surface area contributed by atoms with Gasteiger partial charge in [0, 0.05) is 16.2 Å². The zero-order valence-electron chi connectivity index (χ0n) is 13.4. The Kier molecular flexibility index (Phi) is 5.08. The first-order valence-electron chi connectivity index (χ1n) is 7.32. The summed E-state index contributed by atoms with van der Waals surface area (Å²) >= 11 is 3.31. The van der Waals surface area contributed by atoms with Gasteiger partial charge in [-0.15, -0.1) is 22.0 Å². The van der Waals surface area contributed by atoms with Gasteiger partial charge in [0.2, 0.25) is 5.89 Å². The molecule has 0 fully saturated rings. The Balaban J connectivity index is 1.67. The van der Waals surface area contributed by atoms with Crippen LogP contribution in [0.5, 0.6) is 0 Å². The normalized spacial score (nSPS) is 10.9. The summed E-state index contributed by atoms with van der Waals surface area (Å²) in [7, 11) is 0. The predicted molar refractivity (Wildman–Crippen MR) is 97.0 cm³/mol. The molecule has 0 radical (unpaired) electrons. The van der Waals surface area contributed by atoms with E-state index >= 15 is 0 Å². The van der Waals surface area contributed by atoms with Gasteiger partial charge >= 0.3 is 0 Å². The summed E-state index contributed by atoms with van der Waals surface area (Å²) in [5.41, 5.74) is 4.70. The quantitative estimate of drug-likeness (QED) is 0.583. The van der Waals surface area contributed by atoms with Crippen molar-refractivity contribution in [3.8, 4) is 11.5 Å². The number of thioether (sulfide) groups is 2. The van der Waals surface area contributed by atoms with E-state index in [4.69, 9.17) is 4.42 Å². The van der Waals surface area contributed by atoms with Gasteiger partial charge in [-0.2, -0.15) is 0 Å². The van der Waals surface area contributed by atoms with Gasteiger partial charge in [-0.1, -0.05) is 30.0 Å². The first kappa shape index (κ1) is 16.1. The second-order valence-corrected chi connectivity index (χ2v) is 7.12. The molecule has 5 heteroatoms. The van der Waals surface area contributed by atoms with E-state index in [1.54, 1.807) is 23.5 Å². The molecule has 0 N–H and O–H groups in total. The van der Waals surface area contributed by atoms with Crippen LogP contribution in [0.15, 0.2) is 57.0 Å². The first-order valence-corrected chi connectivity index (χ1v) is 9.53. The second kappa shape index (κ2) is 7.23. The van der Waals surface area contributed by atoms with E-state index in [0.717, 1.165) is 11.3 Å². The summed E-state index contributed by atoms with van der Waals surface area (Å²) in [6.07, 6.45) is 2.08. The molecule has 118 valence electrons. The van der Waals surface area contributed by atoms with Crippen LogP contribution in [-0.2, 0) is 5.75 Å². The van der Waals surface area contributed by atoms with Crippen LogP contribution in [0.25, 0.3) is 11.5 Å². The lowest BCUT2D eigenvalue weighted by Gasteiger charge is -2.01. The van der Waals surface area contributed by atoms with Gasteiger partial charge < -0.3 is 4.42 Å². The third kappa shape index (κ3) is 3.98. The molecule has 0 saturated heterocycles. The lowest BCUT2D eigenvalue weighted by molar-refractivity contribution is 0.466. The van der Waals surface area contributed by atoms with Crippen molar-refractivity contribution in [2.45, 2.75) is 29.7 Å². The SMILES string of the molecule is CSc1ccc(CSc2nnc(-c3ccc(C)c(C)c3)o2)cc1. The minimum Gasteiger partial charge on any atom is -0.411 e. The summed E-state index contributed by atoms with van der Waals surface area (Å²) in [5.74, 6) is 1.40. The Hall–Kier alpha value is -1.72. The lowest BCUT2D eigenvalue weighted by atomic mass is 10.1. The van der Waals surface area contributed by atoms with Gasteiger partial charge in [0.15, 0.2) is 0 Å². The van der Waals surface area contributed by atoms with Crippen molar-refractivity contribution in [2.24, 2.45) is 0 Å². The molecule has 0 spiro atoms. The van der Waals surface area contributed by atoms with Crippen LogP contribution in [-0.4, -0.2) is 16.5 Å². The van der Waals surface area contributed by atoms with E-state index in [1.807, 2.05) is 6.07 Å². The minimum absolute atomic E-state index is 0.577. The van der Waals surface area contributed by atoms with E-state index in [-0.39, 0.29) is 0 Å². The fourth-order valence-electron chi connectivity index (χ4n) is 2.13. The molecule has 1 aromatic heterocycles. The predicted octanol–water partition coefficient (Wildman–Crippen LogP) is 5.37. The van der Waals surface area contributed by atoms with E-state index in [0.29, 0.717) is 11.1 Å². The minimum atomic E-state index is 0.577. The zero-order chi connectivity index (χ0) is 16.2. The Morgan fingerprint density at radius 1 is 0.957 bits per heavy atom. The lowest BCUT2D eigenvalue weighted by Crippen LogP contribution is -1.83. The molecule has 0 aliphatic heterocycles. The van der Waals surface area contributed by atoms with Crippen LogP contribution >= 0.6 is 23.5 Å². The molecule has 3 rings (SSSR count). The van der Waals surface area contributed by atoms with Crippen molar-refractivity contribution < 1.29 is 4.42 Å². The van der Waals surface area contributed by atoms with E-state index in [1.165, 1.54) is 21.6 Å². The Bertz CT molecular complexity index is 797. The van der Waals surface area contributed by atoms with E-state index in [2.05, 4.69) is 66.7 Å². The van der Waals surface area contributed by atoms with Crippen LogP contribution in [0.3, 0.4) is 0 Å². The zero-order valence-corrected chi connectivity index (χ0v) is 15.0. The number of nitrogens with zero attached hydrogens (tertiary/aromatic N) is 2. The summed E-state index contributed by atoms with van der Waals surface area (Å²) in [6, 6.07) is 14.7. The van der Waals surface area contributed by atoms with Crippen LogP contribution < -0.4 is 0 Å². The molecule has 0 aliphatic rings. The largest absolute Gasteiger partial charge is 0.411 e. The van der Waals surface area contributed by atoms with Gasteiger partial charge in [-0.25, -0.2) is 0 Å². The number of benzene rings is 2. The number of aromatic nitrogens is 2. The molecule has 0 unspecified atom stereocenters. The van der Waals surface area contributed by atoms with Crippen LogP contribution in [0, 0.1) is 13.8 Å². The maximum absolute atomic E-state index is 5.77. The molecule has 3 aromatic rings. The monoisotopic (exact) mass is 342 g/mol. The number of rotatable bonds is 5. The maximum Gasteiger partial charge on any atom is 0.277 e. The van der Waals surface area contributed by atoms with Gasteiger partial charge in [-0.3, -0.25) is 0 Å². The highest BCUT2D eigenvalue weighted by Gasteiger charge is 2.10. The summed E-state index contributed by atoms with van der Waals surface area (Å²) in [4.78, 5) is 1.27. The third-order valence-electron chi connectivity index (χ3n) is 3.68. The molecule has 1 heterocycles. The van der Waals surface area contributed by atoms with Crippen LogP contribution in [0.1, 0.15) is 16.7 Å². The average molecular weight is 342 g/mol.